The van der Waals surface area contributed by atoms with Gasteiger partial charge in [0.05, 0.1) is 25.2 Å². The summed E-state index contributed by atoms with van der Waals surface area (Å²) in [5.74, 6) is -0.488. The van der Waals surface area contributed by atoms with E-state index in [1.165, 1.54) is 154 Å². The van der Waals surface area contributed by atoms with Gasteiger partial charge in [0.15, 0.2) is 0 Å². The van der Waals surface area contributed by atoms with Gasteiger partial charge in [0, 0.05) is 6.42 Å². The van der Waals surface area contributed by atoms with Gasteiger partial charge in [-0.2, -0.15) is 0 Å². The second kappa shape index (κ2) is 46.4. The quantitative estimate of drug-likeness (QED) is 0.0323. The van der Waals surface area contributed by atoms with Gasteiger partial charge in [-0.15, -0.1) is 0 Å². The van der Waals surface area contributed by atoms with Gasteiger partial charge in [-0.25, -0.2) is 0 Å². The molecule has 3 unspecified atom stereocenters. The first kappa shape index (κ1) is 56.3. The van der Waals surface area contributed by atoms with Crippen molar-refractivity contribution in [3.05, 3.63) is 24.3 Å². The maximum Gasteiger partial charge on any atom is 0.306 e. The zero-order valence-electron chi connectivity index (χ0n) is 38.9. The zero-order valence-corrected chi connectivity index (χ0v) is 38.9. The molecule has 0 saturated heterocycles. The molecule has 0 aromatic heterocycles. The lowest BCUT2D eigenvalue weighted by Crippen LogP contribution is -2.46. The molecule has 342 valence electrons. The minimum absolute atomic E-state index is 0.0647. The molecule has 0 aromatic rings. The van der Waals surface area contributed by atoms with Crippen LogP contribution in [0.1, 0.15) is 271 Å². The van der Waals surface area contributed by atoms with Crippen LogP contribution in [-0.4, -0.2) is 46.9 Å². The van der Waals surface area contributed by atoms with Gasteiger partial charge < -0.3 is 20.3 Å². The molecule has 0 aliphatic rings. The van der Waals surface area contributed by atoms with Crippen LogP contribution in [0.15, 0.2) is 24.3 Å². The van der Waals surface area contributed by atoms with Crippen LogP contribution < -0.4 is 5.32 Å². The van der Waals surface area contributed by atoms with Crippen molar-refractivity contribution in [2.24, 2.45) is 0 Å². The molecule has 0 rings (SSSR count). The molecule has 0 spiro atoms. The second-order valence-electron chi connectivity index (χ2n) is 17.6. The third-order valence-electron chi connectivity index (χ3n) is 11.8. The van der Waals surface area contributed by atoms with Crippen molar-refractivity contribution in [2.45, 2.75) is 289 Å². The zero-order chi connectivity index (χ0) is 42.4. The molecule has 0 aliphatic carbocycles. The maximum absolute atomic E-state index is 13.2. The fraction of sp³-hybridized carbons (Fsp3) is 0.885. The van der Waals surface area contributed by atoms with Crippen LogP contribution in [0.25, 0.3) is 0 Å². The SMILES string of the molecule is CCCCCCCCC/C=C/C=C/CCCCCC(CC(=O)NC(CO)C(O)CCCCCCCCCCCC)OC(=O)CCCCCCCCCCCCCCC. The molecular weight excluding hydrogens is 719 g/mol. The number of nitrogens with one attached hydrogen (secondary N) is 1. The highest BCUT2D eigenvalue weighted by Gasteiger charge is 2.24. The fourth-order valence-corrected chi connectivity index (χ4v) is 7.89. The summed E-state index contributed by atoms with van der Waals surface area (Å²) < 4.78 is 5.92. The number of aliphatic hydroxyl groups excluding tert-OH is 2. The second-order valence-corrected chi connectivity index (χ2v) is 17.6. The summed E-state index contributed by atoms with van der Waals surface area (Å²) in [6.07, 6.45) is 52.4. The maximum atomic E-state index is 13.2. The minimum Gasteiger partial charge on any atom is -0.462 e. The van der Waals surface area contributed by atoms with E-state index in [-0.39, 0.29) is 24.9 Å². The van der Waals surface area contributed by atoms with Gasteiger partial charge in [0.25, 0.3) is 0 Å². The largest absolute Gasteiger partial charge is 0.462 e. The lowest BCUT2D eigenvalue weighted by atomic mass is 10.0. The molecule has 1 amide bonds. The van der Waals surface area contributed by atoms with Crippen molar-refractivity contribution in [3.63, 3.8) is 0 Å². The summed E-state index contributed by atoms with van der Waals surface area (Å²) in [5.41, 5.74) is 0. The van der Waals surface area contributed by atoms with Crippen LogP contribution in [0.3, 0.4) is 0 Å². The summed E-state index contributed by atoms with van der Waals surface area (Å²) in [6, 6.07) is -0.704. The highest BCUT2D eigenvalue weighted by atomic mass is 16.5. The highest BCUT2D eigenvalue weighted by molar-refractivity contribution is 5.77. The molecule has 0 heterocycles. The van der Waals surface area contributed by atoms with Crippen molar-refractivity contribution >= 4 is 11.9 Å². The normalized spacial score (nSPS) is 13.4. The molecular formula is C52H99NO5. The van der Waals surface area contributed by atoms with E-state index in [2.05, 4.69) is 50.4 Å². The van der Waals surface area contributed by atoms with Crippen LogP contribution in [0.4, 0.5) is 0 Å². The number of hydrogen-bond acceptors (Lipinski definition) is 5. The molecule has 3 atom stereocenters. The minimum atomic E-state index is -0.789. The summed E-state index contributed by atoms with van der Waals surface area (Å²) in [6.45, 7) is 6.47. The standard InChI is InChI=1S/C52H99NO5/c1-4-7-10-13-16-19-22-24-25-26-28-29-31-34-37-40-43-48(58-52(57)45-42-39-36-33-30-27-23-20-17-14-11-8-5-2)46-51(56)53-49(47-54)50(55)44-41-38-35-32-21-18-15-12-9-6-3/h25-26,28-29,48-50,54-55H,4-24,27,30-47H2,1-3H3,(H,53,56)/b26-25+,29-28+. The highest BCUT2D eigenvalue weighted by Crippen LogP contribution is 2.18. The van der Waals surface area contributed by atoms with E-state index in [0.29, 0.717) is 19.3 Å². The van der Waals surface area contributed by atoms with E-state index in [9.17, 15) is 19.8 Å². The predicted octanol–water partition coefficient (Wildman–Crippen LogP) is 15.1. The average molecular weight is 818 g/mol. The van der Waals surface area contributed by atoms with Gasteiger partial charge in [0.2, 0.25) is 5.91 Å². The number of hydrogen-bond donors (Lipinski definition) is 3. The molecule has 0 saturated carbocycles. The van der Waals surface area contributed by atoms with Crippen LogP contribution in [0.5, 0.6) is 0 Å². The Hall–Kier alpha value is -1.66. The number of allylic oxidation sites excluding steroid dienone is 4. The smallest absolute Gasteiger partial charge is 0.306 e. The molecule has 6 heteroatoms. The molecule has 0 aliphatic heterocycles. The Morgan fingerprint density at radius 3 is 1.29 bits per heavy atom. The van der Waals surface area contributed by atoms with Crippen LogP contribution in [0, 0.1) is 0 Å². The van der Waals surface area contributed by atoms with Gasteiger partial charge in [-0.05, 0) is 51.4 Å². The molecule has 6 nitrogen and oxygen atoms in total. The number of carbonyl (C=O) groups is 2. The van der Waals surface area contributed by atoms with Gasteiger partial charge in [-0.1, -0.05) is 231 Å². The third-order valence-corrected chi connectivity index (χ3v) is 11.8. The molecule has 0 radical (unpaired) electrons. The Labute approximate surface area is 361 Å². The Morgan fingerprint density at radius 1 is 0.500 bits per heavy atom. The van der Waals surface area contributed by atoms with Gasteiger partial charge in [-0.3, -0.25) is 9.59 Å². The number of carbonyl (C=O) groups excluding carboxylic acids is 2. The number of amides is 1. The van der Waals surface area contributed by atoms with E-state index in [1.54, 1.807) is 0 Å². The van der Waals surface area contributed by atoms with Crippen molar-refractivity contribution in [2.75, 3.05) is 6.61 Å². The molecule has 0 bridgehead atoms. The number of aliphatic hydroxyl groups is 2. The van der Waals surface area contributed by atoms with E-state index in [0.717, 1.165) is 70.6 Å². The summed E-state index contributed by atoms with van der Waals surface area (Å²) in [7, 11) is 0. The third kappa shape index (κ3) is 41.1. The van der Waals surface area contributed by atoms with E-state index in [4.69, 9.17) is 4.74 Å². The summed E-state index contributed by atoms with van der Waals surface area (Å²) in [4.78, 5) is 26.1. The number of unbranched alkanes of at least 4 members (excludes halogenated alkanes) is 31. The van der Waals surface area contributed by atoms with Crippen molar-refractivity contribution in [3.8, 4) is 0 Å². The van der Waals surface area contributed by atoms with Crippen LogP contribution in [-0.2, 0) is 14.3 Å². The topological polar surface area (TPSA) is 95.9 Å². The Morgan fingerprint density at radius 2 is 0.862 bits per heavy atom. The van der Waals surface area contributed by atoms with E-state index < -0.39 is 18.2 Å². The molecule has 58 heavy (non-hydrogen) atoms. The Kier molecular flexibility index (Phi) is 45.1. The van der Waals surface area contributed by atoms with Crippen molar-refractivity contribution < 1.29 is 24.5 Å². The first-order valence-electron chi connectivity index (χ1n) is 25.6. The number of rotatable bonds is 46. The first-order chi connectivity index (χ1) is 28.5. The summed E-state index contributed by atoms with van der Waals surface area (Å²) >= 11 is 0. The molecule has 0 aromatic carbocycles. The number of ether oxygens (including phenoxy) is 1. The molecule has 3 N–H and O–H groups in total. The number of esters is 1. The van der Waals surface area contributed by atoms with Crippen molar-refractivity contribution in [1.82, 2.24) is 5.32 Å². The first-order valence-corrected chi connectivity index (χ1v) is 25.6. The van der Waals surface area contributed by atoms with Crippen LogP contribution >= 0.6 is 0 Å². The monoisotopic (exact) mass is 818 g/mol. The van der Waals surface area contributed by atoms with Gasteiger partial charge >= 0.3 is 5.97 Å². The predicted molar refractivity (Wildman–Crippen MR) is 250 cm³/mol. The Bertz CT molecular complexity index is 919. The fourth-order valence-electron chi connectivity index (χ4n) is 7.89. The lowest BCUT2D eigenvalue weighted by Gasteiger charge is -2.24. The van der Waals surface area contributed by atoms with Gasteiger partial charge in [0.1, 0.15) is 6.10 Å². The molecule has 0 fully saturated rings. The van der Waals surface area contributed by atoms with Crippen molar-refractivity contribution in [1.29, 1.82) is 0 Å². The summed E-state index contributed by atoms with van der Waals surface area (Å²) in [5, 5.41) is 23.7. The Balaban J connectivity index is 4.62. The van der Waals surface area contributed by atoms with E-state index >= 15 is 0 Å². The van der Waals surface area contributed by atoms with E-state index in [1.807, 2.05) is 0 Å². The van der Waals surface area contributed by atoms with Crippen LogP contribution in [0.2, 0.25) is 0 Å². The average Bonchev–Trinajstić information content (AvgIpc) is 3.22. The lowest BCUT2D eigenvalue weighted by molar-refractivity contribution is -0.151.